The first-order chi connectivity index (χ1) is 7.59. The summed E-state index contributed by atoms with van der Waals surface area (Å²) < 4.78 is 31.7. The summed E-state index contributed by atoms with van der Waals surface area (Å²) in [4.78, 5) is 0. The van der Waals surface area contributed by atoms with Crippen LogP contribution in [0.5, 0.6) is 0 Å². The van der Waals surface area contributed by atoms with E-state index in [1.165, 1.54) is 12.1 Å². The SMILES string of the molecule is CC1OCCC1C(Cl)c1ccc(F)cc1F. The highest BCUT2D eigenvalue weighted by Gasteiger charge is 2.32. The van der Waals surface area contributed by atoms with Crippen molar-refractivity contribution in [2.45, 2.75) is 24.8 Å². The van der Waals surface area contributed by atoms with Crippen LogP contribution in [0.2, 0.25) is 0 Å². The first-order valence-corrected chi connectivity index (χ1v) is 5.74. The van der Waals surface area contributed by atoms with Gasteiger partial charge in [-0.3, -0.25) is 0 Å². The zero-order chi connectivity index (χ0) is 11.7. The predicted molar refractivity (Wildman–Crippen MR) is 58.5 cm³/mol. The fourth-order valence-electron chi connectivity index (χ4n) is 2.09. The van der Waals surface area contributed by atoms with Crippen LogP contribution in [0.3, 0.4) is 0 Å². The summed E-state index contributed by atoms with van der Waals surface area (Å²) in [5.41, 5.74) is 0.352. The Morgan fingerprint density at radius 3 is 2.75 bits per heavy atom. The minimum absolute atomic E-state index is 0.0203. The van der Waals surface area contributed by atoms with Crippen LogP contribution in [0.15, 0.2) is 18.2 Å². The normalized spacial score (nSPS) is 27.0. The van der Waals surface area contributed by atoms with E-state index in [9.17, 15) is 8.78 Å². The molecule has 1 aliphatic heterocycles. The average Bonchev–Trinajstić information content (AvgIpc) is 2.63. The smallest absolute Gasteiger partial charge is 0.130 e. The van der Waals surface area contributed by atoms with Crippen LogP contribution in [0.4, 0.5) is 8.78 Å². The van der Waals surface area contributed by atoms with E-state index in [-0.39, 0.29) is 12.0 Å². The van der Waals surface area contributed by atoms with Crippen LogP contribution in [0.25, 0.3) is 0 Å². The topological polar surface area (TPSA) is 9.23 Å². The van der Waals surface area contributed by atoms with Gasteiger partial charge in [0.1, 0.15) is 11.6 Å². The molecule has 0 saturated carbocycles. The van der Waals surface area contributed by atoms with Crippen molar-refractivity contribution in [2.24, 2.45) is 5.92 Å². The fraction of sp³-hybridized carbons (Fsp3) is 0.500. The lowest BCUT2D eigenvalue weighted by Crippen LogP contribution is -2.17. The number of hydrogen-bond donors (Lipinski definition) is 0. The van der Waals surface area contributed by atoms with Gasteiger partial charge in [-0.05, 0) is 19.4 Å². The lowest BCUT2D eigenvalue weighted by atomic mass is 9.93. The Labute approximate surface area is 98.4 Å². The van der Waals surface area contributed by atoms with Crippen molar-refractivity contribution in [1.82, 2.24) is 0 Å². The van der Waals surface area contributed by atoms with E-state index < -0.39 is 17.0 Å². The molecule has 1 aromatic rings. The molecule has 1 nitrogen and oxygen atoms in total. The second kappa shape index (κ2) is 4.68. The van der Waals surface area contributed by atoms with Crippen molar-refractivity contribution in [1.29, 1.82) is 0 Å². The Hall–Kier alpha value is -0.670. The number of halogens is 3. The molecular weight excluding hydrogens is 234 g/mol. The quantitative estimate of drug-likeness (QED) is 0.724. The van der Waals surface area contributed by atoms with E-state index in [1.807, 2.05) is 6.92 Å². The number of benzene rings is 1. The number of ether oxygens (including phenoxy) is 1. The van der Waals surface area contributed by atoms with Gasteiger partial charge in [-0.15, -0.1) is 11.6 Å². The highest BCUT2D eigenvalue weighted by molar-refractivity contribution is 6.21. The standard InChI is InChI=1S/C12H13ClF2O/c1-7-9(4-5-16-7)12(13)10-3-2-8(14)6-11(10)15/h2-3,6-7,9,12H,4-5H2,1H3. The zero-order valence-corrected chi connectivity index (χ0v) is 9.68. The molecule has 0 spiro atoms. The van der Waals surface area contributed by atoms with Gasteiger partial charge in [-0.25, -0.2) is 8.78 Å². The van der Waals surface area contributed by atoms with Gasteiger partial charge >= 0.3 is 0 Å². The minimum atomic E-state index is -0.584. The Morgan fingerprint density at radius 1 is 1.44 bits per heavy atom. The highest BCUT2D eigenvalue weighted by atomic mass is 35.5. The van der Waals surface area contributed by atoms with E-state index in [0.29, 0.717) is 12.2 Å². The predicted octanol–water partition coefficient (Wildman–Crippen LogP) is 3.67. The van der Waals surface area contributed by atoms with Crippen LogP contribution in [-0.4, -0.2) is 12.7 Å². The van der Waals surface area contributed by atoms with E-state index in [4.69, 9.17) is 16.3 Å². The van der Waals surface area contributed by atoms with Crippen molar-refractivity contribution < 1.29 is 13.5 Å². The first kappa shape index (κ1) is 11.8. The van der Waals surface area contributed by atoms with Crippen molar-refractivity contribution >= 4 is 11.6 Å². The lowest BCUT2D eigenvalue weighted by molar-refractivity contribution is 0.104. The molecule has 1 aliphatic rings. The van der Waals surface area contributed by atoms with E-state index in [0.717, 1.165) is 12.5 Å². The molecule has 0 amide bonds. The third-order valence-corrected chi connectivity index (χ3v) is 3.63. The fourth-order valence-corrected chi connectivity index (χ4v) is 2.60. The Morgan fingerprint density at radius 2 is 2.19 bits per heavy atom. The van der Waals surface area contributed by atoms with Crippen LogP contribution in [0, 0.1) is 17.6 Å². The Bertz CT molecular complexity index is 383. The van der Waals surface area contributed by atoms with Crippen LogP contribution in [-0.2, 0) is 4.74 Å². The summed E-state index contributed by atoms with van der Waals surface area (Å²) >= 11 is 6.22. The lowest BCUT2D eigenvalue weighted by Gasteiger charge is -2.20. The van der Waals surface area contributed by atoms with Crippen molar-refractivity contribution in [3.63, 3.8) is 0 Å². The molecule has 1 heterocycles. The molecule has 88 valence electrons. The minimum Gasteiger partial charge on any atom is -0.378 e. The van der Waals surface area contributed by atoms with Gasteiger partial charge in [0, 0.05) is 24.2 Å². The second-order valence-electron chi connectivity index (χ2n) is 4.10. The Balaban J connectivity index is 2.23. The van der Waals surface area contributed by atoms with Gasteiger partial charge in [0.25, 0.3) is 0 Å². The Kier molecular flexibility index (Phi) is 3.45. The van der Waals surface area contributed by atoms with Crippen LogP contribution >= 0.6 is 11.6 Å². The summed E-state index contributed by atoms with van der Waals surface area (Å²) in [5.74, 6) is -1.08. The molecule has 1 saturated heterocycles. The summed E-state index contributed by atoms with van der Waals surface area (Å²) in [7, 11) is 0. The molecule has 4 heteroatoms. The maximum Gasteiger partial charge on any atom is 0.130 e. The van der Waals surface area contributed by atoms with E-state index >= 15 is 0 Å². The molecule has 0 bridgehead atoms. The molecule has 1 aromatic carbocycles. The largest absolute Gasteiger partial charge is 0.378 e. The molecule has 1 fully saturated rings. The van der Waals surface area contributed by atoms with Gasteiger partial charge in [0.2, 0.25) is 0 Å². The average molecular weight is 247 g/mol. The molecule has 16 heavy (non-hydrogen) atoms. The van der Waals surface area contributed by atoms with Crippen molar-refractivity contribution in [3.8, 4) is 0 Å². The molecule has 0 aromatic heterocycles. The number of hydrogen-bond acceptors (Lipinski definition) is 1. The monoisotopic (exact) mass is 246 g/mol. The summed E-state index contributed by atoms with van der Waals surface area (Å²) in [6.45, 7) is 2.58. The van der Waals surface area contributed by atoms with E-state index in [1.54, 1.807) is 0 Å². The molecular formula is C12H13ClF2O. The molecule has 2 rings (SSSR count). The maximum atomic E-state index is 13.5. The second-order valence-corrected chi connectivity index (χ2v) is 4.57. The summed E-state index contributed by atoms with van der Waals surface area (Å²) in [6.07, 6.45) is 0.832. The van der Waals surface area contributed by atoms with E-state index in [2.05, 4.69) is 0 Å². The van der Waals surface area contributed by atoms with Crippen molar-refractivity contribution in [2.75, 3.05) is 6.61 Å². The molecule has 0 radical (unpaired) electrons. The van der Waals surface area contributed by atoms with Gasteiger partial charge in [0.15, 0.2) is 0 Å². The first-order valence-electron chi connectivity index (χ1n) is 5.30. The number of rotatable bonds is 2. The van der Waals surface area contributed by atoms with Gasteiger partial charge < -0.3 is 4.74 Å². The molecule has 3 atom stereocenters. The van der Waals surface area contributed by atoms with Gasteiger partial charge in [0.05, 0.1) is 11.5 Å². The third-order valence-electron chi connectivity index (χ3n) is 3.07. The number of alkyl halides is 1. The van der Waals surface area contributed by atoms with Crippen molar-refractivity contribution in [3.05, 3.63) is 35.4 Å². The highest BCUT2D eigenvalue weighted by Crippen LogP contribution is 2.38. The van der Waals surface area contributed by atoms with Crippen LogP contribution < -0.4 is 0 Å². The van der Waals surface area contributed by atoms with Crippen LogP contribution in [0.1, 0.15) is 24.3 Å². The molecule has 0 aliphatic carbocycles. The summed E-state index contributed by atoms with van der Waals surface area (Å²) in [5, 5.41) is -0.460. The maximum absolute atomic E-state index is 13.5. The zero-order valence-electron chi connectivity index (χ0n) is 8.92. The van der Waals surface area contributed by atoms with Gasteiger partial charge in [-0.1, -0.05) is 6.07 Å². The summed E-state index contributed by atoms with van der Waals surface area (Å²) in [6, 6.07) is 3.51. The van der Waals surface area contributed by atoms with Gasteiger partial charge in [-0.2, -0.15) is 0 Å². The molecule has 0 N–H and O–H groups in total. The third kappa shape index (κ3) is 2.20. The molecule has 3 unspecified atom stereocenters.